The summed E-state index contributed by atoms with van der Waals surface area (Å²) in [6.45, 7) is 4.76. The van der Waals surface area contributed by atoms with E-state index < -0.39 is 0 Å². The van der Waals surface area contributed by atoms with Crippen LogP contribution in [-0.4, -0.2) is 26.9 Å². The van der Waals surface area contributed by atoms with Gasteiger partial charge in [0.15, 0.2) is 0 Å². The van der Waals surface area contributed by atoms with Crippen molar-refractivity contribution in [1.82, 2.24) is 19.8 Å². The fourth-order valence-corrected chi connectivity index (χ4v) is 3.38. The van der Waals surface area contributed by atoms with Gasteiger partial charge in [0.05, 0.1) is 17.4 Å². The summed E-state index contributed by atoms with van der Waals surface area (Å²) in [5.41, 5.74) is 5.53. The lowest BCUT2D eigenvalue weighted by molar-refractivity contribution is 0.241. The molecule has 0 N–H and O–H groups in total. The standard InChI is InChI=1S/C23H23FN4O/c1-16-6-4-9-21(12-16)28-15-19(14-27(3)17(2)22-10-11-29-26-22)23(25-28)18-7-5-8-20(24)13-18/h4-13,15,17H,14H2,1-3H3/t17-/m1/s1. The first-order valence-corrected chi connectivity index (χ1v) is 9.53. The number of rotatable bonds is 6. The van der Waals surface area contributed by atoms with Crippen molar-refractivity contribution in [2.45, 2.75) is 26.4 Å². The minimum Gasteiger partial charge on any atom is -0.364 e. The summed E-state index contributed by atoms with van der Waals surface area (Å²) in [7, 11) is 2.03. The predicted octanol–water partition coefficient (Wildman–Crippen LogP) is 5.17. The largest absolute Gasteiger partial charge is 0.364 e. The SMILES string of the molecule is Cc1cccc(-n2cc(CN(C)[C@H](C)c3ccon3)c(-c3cccc(F)c3)n2)c1. The van der Waals surface area contributed by atoms with Crippen LogP contribution in [0.15, 0.2) is 71.6 Å². The van der Waals surface area contributed by atoms with Gasteiger partial charge in [-0.05, 0) is 50.7 Å². The van der Waals surface area contributed by atoms with Gasteiger partial charge in [0.1, 0.15) is 17.8 Å². The number of hydrogen-bond donors (Lipinski definition) is 0. The first-order valence-electron chi connectivity index (χ1n) is 9.53. The summed E-state index contributed by atoms with van der Waals surface area (Å²) in [6.07, 6.45) is 3.59. The Bertz CT molecular complexity index is 1100. The molecular weight excluding hydrogens is 367 g/mol. The van der Waals surface area contributed by atoms with Crippen LogP contribution in [0.5, 0.6) is 0 Å². The van der Waals surface area contributed by atoms with Crippen LogP contribution in [0.3, 0.4) is 0 Å². The molecule has 4 rings (SSSR count). The summed E-state index contributed by atoms with van der Waals surface area (Å²) in [6, 6.07) is 16.6. The van der Waals surface area contributed by atoms with Crippen molar-refractivity contribution in [1.29, 1.82) is 0 Å². The molecule has 0 amide bonds. The third-order valence-electron chi connectivity index (χ3n) is 5.12. The van der Waals surface area contributed by atoms with E-state index in [-0.39, 0.29) is 11.9 Å². The van der Waals surface area contributed by atoms with Crippen molar-refractivity contribution in [2.75, 3.05) is 7.05 Å². The molecule has 0 aliphatic carbocycles. The molecule has 0 spiro atoms. The number of aryl methyl sites for hydroxylation is 1. The number of hydrogen-bond acceptors (Lipinski definition) is 4. The van der Waals surface area contributed by atoms with Gasteiger partial charge in [0.25, 0.3) is 0 Å². The summed E-state index contributed by atoms with van der Waals surface area (Å²) in [4.78, 5) is 2.16. The van der Waals surface area contributed by atoms with Gasteiger partial charge >= 0.3 is 0 Å². The Balaban J connectivity index is 1.72. The van der Waals surface area contributed by atoms with Gasteiger partial charge in [-0.25, -0.2) is 9.07 Å². The zero-order valence-corrected chi connectivity index (χ0v) is 16.7. The lowest BCUT2D eigenvalue weighted by atomic mass is 10.1. The second-order valence-corrected chi connectivity index (χ2v) is 7.31. The molecule has 0 saturated carbocycles. The first kappa shape index (κ1) is 19.1. The number of halogens is 1. The summed E-state index contributed by atoms with van der Waals surface area (Å²) >= 11 is 0. The number of nitrogens with zero attached hydrogens (tertiary/aromatic N) is 4. The van der Waals surface area contributed by atoms with Gasteiger partial charge in [0, 0.05) is 29.9 Å². The van der Waals surface area contributed by atoms with E-state index in [4.69, 9.17) is 9.62 Å². The summed E-state index contributed by atoms with van der Waals surface area (Å²) < 4.78 is 20.7. The van der Waals surface area contributed by atoms with Crippen LogP contribution in [0.2, 0.25) is 0 Å². The maximum Gasteiger partial charge on any atom is 0.124 e. The van der Waals surface area contributed by atoms with E-state index in [1.54, 1.807) is 12.3 Å². The zero-order valence-electron chi connectivity index (χ0n) is 16.7. The molecule has 148 valence electrons. The number of benzene rings is 2. The molecule has 0 unspecified atom stereocenters. The highest BCUT2D eigenvalue weighted by Gasteiger charge is 2.19. The Morgan fingerprint density at radius 3 is 2.69 bits per heavy atom. The van der Waals surface area contributed by atoms with Crippen molar-refractivity contribution in [2.24, 2.45) is 0 Å². The maximum atomic E-state index is 13.9. The summed E-state index contributed by atoms with van der Waals surface area (Å²) in [5, 5.41) is 8.84. The van der Waals surface area contributed by atoms with Crippen LogP contribution in [-0.2, 0) is 6.54 Å². The van der Waals surface area contributed by atoms with Crippen LogP contribution >= 0.6 is 0 Å². The molecule has 2 heterocycles. The Labute approximate surface area is 169 Å². The van der Waals surface area contributed by atoms with Gasteiger partial charge in [-0.1, -0.05) is 29.4 Å². The molecule has 0 fully saturated rings. The Morgan fingerprint density at radius 2 is 1.97 bits per heavy atom. The van der Waals surface area contributed by atoms with E-state index in [0.717, 1.165) is 33.8 Å². The normalized spacial score (nSPS) is 12.4. The molecule has 0 aliphatic heterocycles. The van der Waals surface area contributed by atoms with E-state index in [1.807, 2.05) is 42.2 Å². The lowest BCUT2D eigenvalue weighted by Gasteiger charge is -2.22. The first-order chi connectivity index (χ1) is 14.0. The quantitative estimate of drug-likeness (QED) is 0.456. The molecule has 2 aromatic carbocycles. The van der Waals surface area contributed by atoms with Crippen LogP contribution in [0.25, 0.3) is 16.9 Å². The van der Waals surface area contributed by atoms with Crippen molar-refractivity contribution < 1.29 is 8.91 Å². The molecule has 0 aliphatic rings. The van der Waals surface area contributed by atoms with E-state index in [1.165, 1.54) is 12.1 Å². The van der Waals surface area contributed by atoms with Crippen molar-refractivity contribution in [3.63, 3.8) is 0 Å². The smallest absolute Gasteiger partial charge is 0.124 e. The average Bonchev–Trinajstić information content (AvgIpc) is 3.38. The molecule has 0 saturated heterocycles. The van der Waals surface area contributed by atoms with Crippen LogP contribution in [0.4, 0.5) is 4.39 Å². The molecule has 2 aromatic heterocycles. The van der Waals surface area contributed by atoms with Crippen LogP contribution < -0.4 is 0 Å². The highest BCUT2D eigenvalue weighted by atomic mass is 19.1. The highest BCUT2D eigenvalue weighted by molar-refractivity contribution is 5.63. The second-order valence-electron chi connectivity index (χ2n) is 7.31. The molecule has 6 heteroatoms. The minimum atomic E-state index is -0.275. The average molecular weight is 390 g/mol. The predicted molar refractivity (Wildman–Crippen MR) is 110 cm³/mol. The Hall–Kier alpha value is -3.25. The monoisotopic (exact) mass is 390 g/mol. The Kier molecular flexibility index (Phi) is 5.27. The van der Waals surface area contributed by atoms with Crippen molar-refractivity contribution in [3.05, 3.63) is 89.7 Å². The lowest BCUT2D eigenvalue weighted by Crippen LogP contribution is -2.22. The summed E-state index contributed by atoms with van der Waals surface area (Å²) in [5.74, 6) is -0.275. The van der Waals surface area contributed by atoms with E-state index >= 15 is 0 Å². The fourth-order valence-electron chi connectivity index (χ4n) is 3.38. The highest BCUT2D eigenvalue weighted by Crippen LogP contribution is 2.28. The molecule has 0 radical (unpaired) electrons. The molecule has 0 bridgehead atoms. The van der Waals surface area contributed by atoms with Gasteiger partial charge in [-0.2, -0.15) is 5.10 Å². The fraction of sp³-hybridized carbons (Fsp3) is 0.217. The zero-order chi connectivity index (χ0) is 20.4. The van der Waals surface area contributed by atoms with E-state index in [0.29, 0.717) is 6.54 Å². The third-order valence-corrected chi connectivity index (χ3v) is 5.12. The van der Waals surface area contributed by atoms with E-state index in [9.17, 15) is 4.39 Å². The molecular formula is C23H23FN4O. The molecule has 29 heavy (non-hydrogen) atoms. The van der Waals surface area contributed by atoms with Gasteiger partial charge in [0.2, 0.25) is 0 Å². The minimum absolute atomic E-state index is 0.0661. The molecule has 1 atom stereocenters. The van der Waals surface area contributed by atoms with Crippen LogP contribution in [0.1, 0.15) is 29.8 Å². The number of aromatic nitrogens is 3. The topological polar surface area (TPSA) is 47.1 Å². The maximum absolute atomic E-state index is 13.9. The van der Waals surface area contributed by atoms with E-state index in [2.05, 4.69) is 36.0 Å². The van der Waals surface area contributed by atoms with Gasteiger partial charge in [-0.3, -0.25) is 4.90 Å². The van der Waals surface area contributed by atoms with Crippen molar-refractivity contribution in [3.8, 4) is 16.9 Å². The second kappa shape index (κ2) is 8.01. The third kappa shape index (κ3) is 4.12. The van der Waals surface area contributed by atoms with Crippen LogP contribution in [0, 0.1) is 12.7 Å². The van der Waals surface area contributed by atoms with Gasteiger partial charge < -0.3 is 4.52 Å². The molecule has 5 nitrogen and oxygen atoms in total. The van der Waals surface area contributed by atoms with Crippen molar-refractivity contribution >= 4 is 0 Å². The molecule has 4 aromatic rings. The van der Waals surface area contributed by atoms with Gasteiger partial charge in [-0.15, -0.1) is 0 Å². The Morgan fingerprint density at radius 1 is 1.14 bits per heavy atom.